The summed E-state index contributed by atoms with van der Waals surface area (Å²) in [7, 11) is 0. The highest BCUT2D eigenvalue weighted by Crippen LogP contribution is 2.21. The van der Waals surface area contributed by atoms with E-state index in [1.54, 1.807) is 6.20 Å². The molecule has 126 valence electrons. The summed E-state index contributed by atoms with van der Waals surface area (Å²) >= 11 is 0. The lowest BCUT2D eigenvalue weighted by atomic mass is 10.0. The Balaban J connectivity index is 1.36. The van der Waals surface area contributed by atoms with E-state index in [2.05, 4.69) is 43.6 Å². The van der Waals surface area contributed by atoms with Crippen LogP contribution in [0.1, 0.15) is 36.9 Å². The number of nitrogens with zero attached hydrogens (tertiary/aromatic N) is 4. The lowest BCUT2D eigenvalue weighted by molar-refractivity contribution is 0.351. The number of pyridine rings is 1. The van der Waals surface area contributed by atoms with Crippen molar-refractivity contribution in [1.29, 1.82) is 0 Å². The molecule has 0 spiro atoms. The van der Waals surface area contributed by atoms with Crippen molar-refractivity contribution < 1.29 is 0 Å². The zero-order valence-electron chi connectivity index (χ0n) is 14.1. The highest BCUT2D eigenvalue weighted by molar-refractivity contribution is 5.37. The molecule has 1 aliphatic heterocycles. The second-order valence-corrected chi connectivity index (χ2v) is 6.92. The Hall–Kier alpha value is -2.01. The highest BCUT2D eigenvalue weighted by Gasteiger charge is 2.24. The molecule has 0 aromatic carbocycles. The Labute approximate surface area is 143 Å². The molecule has 4 rings (SSSR count). The van der Waals surface area contributed by atoms with Crippen molar-refractivity contribution in [2.75, 3.05) is 18.0 Å². The molecule has 2 aromatic heterocycles. The molecular weight excluding hydrogens is 298 g/mol. The van der Waals surface area contributed by atoms with Crippen molar-refractivity contribution in [3.05, 3.63) is 47.9 Å². The number of anilines is 1. The number of piperidine rings is 1. The van der Waals surface area contributed by atoms with Crippen LogP contribution in [0, 0.1) is 0 Å². The summed E-state index contributed by atoms with van der Waals surface area (Å²) in [5, 5.41) is 12.2. The van der Waals surface area contributed by atoms with Crippen LogP contribution in [0.25, 0.3) is 0 Å². The summed E-state index contributed by atoms with van der Waals surface area (Å²) in [6, 6.07) is 9.46. The fourth-order valence-electron chi connectivity index (χ4n) is 3.99. The van der Waals surface area contributed by atoms with E-state index in [0.29, 0.717) is 12.1 Å². The number of aryl methyl sites for hydroxylation is 2. The molecule has 1 fully saturated rings. The minimum atomic E-state index is 0.542. The standard InChI is InChI=1S/C19H25N5/c1-4-15-7-8-16(9-10-18(15)20-11-1)22-17-5-3-13-24(14-17)19-6-2-12-21-23-19/h1-2,4,6,11-12,16-17,22H,3,5,7-10,13-14H2. The van der Waals surface area contributed by atoms with Gasteiger partial charge in [0.1, 0.15) is 0 Å². The predicted molar refractivity (Wildman–Crippen MR) is 95.1 cm³/mol. The van der Waals surface area contributed by atoms with Crippen LogP contribution in [-0.4, -0.2) is 40.4 Å². The number of aromatic nitrogens is 3. The third kappa shape index (κ3) is 3.56. The molecule has 0 radical (unpaired) electrons. The topological polar surface area (TPSA) is 53.9 Å². The van der Waals surface area contributed by atoms with E-state index in [1.165, 1.54) is 36.9 Å². The average molecular weight is 323 g/mol. The van der Waals surface area contributed by atoms with Crippen LogP contribution in [0.2, 0.25) is 0 Å². The summed E-state index contributed by atoms with van der Waals surface area (Å²) < 4.78 is 0. The molecule has 1 saturated heterocycles. The van der Waals surface area contributed by atoms with Gasteiger partial charge in [0.05, 0.1) is 0 Å². The van der Waals surface area contributed by atoms with Crippen LogP contribution >= 0.6 is 0 Å². The van der Waals surface area contributed by atoms with Crippen LogP contribution in [0.15, 0.2) is 36.7 Å². The maximum atomic E-state index is 4.56. The molecule has 2 aromatic rings. The van der Waals surface area contributed by atoms with E-state index in [4.69, 9.17) is 0 Å². The fourth-order valence-corrected chi connectivity index (χ4v) is 3.99. The molecular formula is C19H25N5. The number of nitrogens with one attached hydrogen (secondary N) is 1. The highest BCUT2D eigenvalue weighted by atomic mass is 15.3. The number of fused-ring (bicyclic) bond motifs is 1. The number of hydrogen-bond donors (Lipinski definition) is 1. The molecule has 1 aliphatic carbocycles. The first-order chi connectivity index (χ1) is 11.9. The molecule has 24 heavy (non-hydrogen) atoms. The Bertz CT molecular complexity index is 633. The lowest BCUT2D eigenvalue weighted by Gasteiger charge is -2.35. The predicted octanol–water partition coefficient (Wildman–Crippen LogP) is 2.38. The maximum Gasteiger partial charge on any atom is 0.151 e. The van der Waals surface area contributed by atoms with Crippen molar-refractivity contribution >= 4 is 5.82 Å². The lowest BCUT2D eigenvalue weighted by Crippen LogP contribution is -2.49. The van der Waals surface area contributed by atoms with Crippen molar-refractivity contribution in [3.8, 4) is 0 Å². The normalized spacial score (nSPS) is 24.2. The van der Waals surface area contributed by atoms with Gasteiger partial charge in [-0.15, -0.1) is 5.10 Å². The van der Waals surface area contributed by atoms with Gasteiger partial charge >= 0.3 is 0 Å². The molecule has 2 atom stereocenters. The maximum absolute atomic E-state index is 4.56. The number of hydrogen-bond acceptors (Lipinski definition) is 5. The third-order valence-corrected chi connectivity index (χ3v) is 5.25. The molecule has 5 nitrogen and oxygen atoms in total. The second kappa shape index (κ2) is 7.26. The first kappa shape index (κ1) is 15.5. The van der Waals surface area contributed by atoms with Crippen LogP contribution in [0.4, 0.5) is 5.82 Å². The third-order valence-electron chi connectivity index (χ3n) is 5.25. The van der Waals surface area contributed by atoms with Crippen LogP contribution in [0.5, 0.6) is 0 Å². The average Bonchev–Trinajstić information content (AvgIpc) is 2.85. The first-order valence-corrected chi connectivity index (χ1v) is 9.10. The van der Waals surface area contributed by atoms with Gasteiger partial charge in [0.25, 0.3) is 0 Å². The first-order valence-electron chi connectivity index (χ1n) is 9.10. The van der Waals surface area contributed by atoms with Gasteiger partial charge in [0.15, 0.2) is 5.82 Å². The second-order valence-electron chi connectivity index (χ2n) is 6.92. The zero-order valence-corrected chi connectivity index (χ0v) is 14.1. The van der Waals surface area contributed by atoms with Crippen LogP contribution in [-0.2, 0) is 12.8 Å². The molecule has 0 amide bonds. The number of rotatable bonds is 3. The monoisotopic (exact) mass is 323 g/mol. The van der Waals surface area contributed by atoms with Gasteiger partial charge in [-0.25, -0.2) is 0 Å². The molecule has 3 heterocycles. The van der Waals surface area contributed by atoms with Crippen molar-refractivity contribution in [2.45, 2.75) is 50.6 Å². The van der Waals surface area contributed by atoms with E-state index < -0.39 is 0 Å². The Kier molecular flexibility index (Phi) is 4.69. The summed E-state index contributed by atoms with van der Waals surface area (Å²) in [5.74, 6) is 1.00. The zero-order chi connectivity index (χ0) is 16.2. The largest absolute Gasteiger partial charge is 0.354 e. The molecule has 1 N–H and O–H groups in total. The Morgan fingerprint density at radius 3 is 2.83 bits per heavy atom. The minimum Gasteiger partial charge on any atom is -0.354 e. The SMILES string of the molecule is c1cnnc(N2CCCC(NC3CCc4cccnc4CC3)C2)c1. The van der Waals surface area contributed by atoms with E-state index in [0.717, 1.165) is 31.7 Å². The van der Waals surface area contributed by atoms with Gasteiger partial charge in [-0.3, -0.25) is 4.98 Å². The molecule has 5 heteroatoms. The van der Waals surface area contributed by atoms with Gasteiger partial charge in [-0.05, 0) is 62.3 Å². The molecule has 2 aliphatic rings. The molecule has 2 unspecified atom stereocenters. The van der Waals surface area contributed by atoms with Gasteiger partial charge in [-0.2, -0.15) is 5.10 Å². The smallest absolute Gasteiger partial charge is 0.151 e. The molecule has 0 bridgehead atoms. The van der Waals surface area contributed by atoms with E-state index in [-0.39, 0.29) is 0 Å². The van der Waals surface area contributed by atoms with E-state index >= 15 is 0 Å². The summed E-state index contributed by atoms with van der Waals surface area (Å²) in [6.07, 6.45) is 10.7. The van der Waals surface area contributed by atoms with Crippen molar-refractivity contribution in [3.63, 3.8) is 0 Å². The van der Waals surface area contributed by atoms with Gasteiger partial charge in [0, 0.05) is 43.3 Å². The van der Waals surface area contributed by atoms with Crippen molar-refractivity contribution in [1.82, 2.24) is 20.5 Å². The van der Waals surface area contributed by atoms with Crippen LogP contribution < -0.4 is 10.2 Å². The van der Waals surface area contributed by atoms with Gasteiger partial charge < -0.3 is 10.2 Å². The van der Waals surface area contributed by atoms with E-state index in [9.17, 15) is 0 Å². The Morgan fingerprint density at radius 2 is 1.92 bits per heavy atom. The summed E-state index contributed by atoms with van der Waals surface area (Å²) in [5.41, 5.74) is 2.73. The summed E-state index contributed by atoms with van der Waals surface area (Å²) in [6.45, 7) is 2.11. The van der Waals surface area contributed by atoms with Gasteiger partial charge in [0.2, 0.25) is 0 Å². The quantitative estimate of drug-likeness (QED) is 0.879. The van der Waals surface area contributed by atoms with Gasteiger partial charge in [-0.1, -0.05) is 6.07 Å². The fraction of sp³-hybridized carbons (Fsp3) is 0.526. The van der Waals surface area contributed by atoms with Crippen molar-refractivity contribution in [2.24, 2.45) is 0 Å². The summed E-state index contributed by atoms with van der Waals surface area (Å²) in [4.78, 5) is 6.92. The molecule has 0 saturated carbocycles. The Morgan fingerprint density at radius 1 is 1.00 bits per heavy atom. The minimum absolute atomic E-state index is 0.542. The van der Waals surface area contributed by atoms with Crippen LogP contribution in [0.3, 0.4) is 0 Å². The van der Waals surface area contributed by atoms with E-state index in [1.807, 2.05) is 12.3 Å².